The molecule has 0 spiro atoms. The number of hydrogen-bond acceptors (Lipinski definition) is 3. The van der Waals surface area contributed by atoms with Crippen LogP contribution in [0.3, 0.4) is 0 Å². The molecule has 0 aliphatic heterocycles. The Morgan fingerprint density at radius 1 is 0.875 bits per heavy atom. The maximum Gasteiger partial charge on any atom is 0.265 e. The minimum atomic E-state index is -0.348. The van der Waals surface area contributed by atoms with Crippen LogP contribution in [-0.2, 0) is 13.2 Å². The first-order valence-electron chi connectivity index (χ1n) is 7.67. The fourth-order valence-corrected chi connectivity index (χ4v) is 2.45. The van der Waals surface area contributed by atoms with Gasteiger partial charge in [0, 0.05) is 6.20 Å². The fraction of sp³-hybridized carbons (Fsp3) is 0.100. The number of benzene rings is 2. The number of pyridine rings is 1. The van der Waals surface area contributed by atoms with Crippen LogP contribution in [0, 0.1) is 0 Å². The molecule has 4 heteroatoms. The molecule has 3 aromatic rings. The van der Waals surface area contributed by atoms with Crippen molar-refractivity contribution in [3.63, 3.8) is 0 Å². The molecular weight excluding hydrogens is 302 g/mol. The van der Waals surface area contributed by atoms with E-state index in [1.165, 1.54) is 4.57 Å². The molecule has 120 valence electrons. The first-order valence-corrected chi connectivity index (χ1v) is 7.67. The third-order valence-corrected chi connectivity index (χ3v) is 3.71. The molecule has 4 nitrogen and oxygen atoms in total. The third kappa shape index (κ3) is 3.60. The van der Waals surface area contributed by atoms with Crippen molar-refractivity contribution >= 4 is 6.29 Å². The van der Waals surface area contributed by atoms with Gasteiger partial charge < -0.3 is 9.30 Å². The van der Waals surface area contributed by atoms with Crippen LogP contribution in [0.2, 0.25) is 0 Å². The van der Waals surface area contributed by atoms with E-state index in [4.69, 9.17) is 4.74 Å². The Balaban J connectivity index is 1.83. The number of hydrogen-bond donors (Lipinski definition) is 0. The summed E-state index contributed by atoms with van der Waals surface area (Å²) < 4.78 is 7.16. The lowest BCUT2D eigenvalue weighted by Crippen LogP contribution is -2.24. The van der Waals surface area contributed by atoms with Crippen molar-refractivity contribution in [1.29, 1.82) is 0 Å². The third-order valence-electron chi connectivity index (χ3n) is 3.71. The maximum atomic E-state index is 12.5. The highest BCUT2D eigenvalue weighted by atomic mass is 16.5. The summed E-state index contributed by atoms with van der Waals surface area (Å²) in [6.45, 7) is 0.725. The summed E-state index contributed by atoms with van der Waals surface area (Å²) in [5.41, 5.74) is 1.67. The van der Waals surface area contributed by atoms with Crippen LogP contribution in [0.1, 0.15) is 21.5 Å². The van der Waals surface area contributed by atoms with Gasteiger partial charge in [-0.15, -0.1) is 0 Å². The van der Waals surface area contributed by atoms with Gasteiger partial charge in [-0.05, 0) is 17.2 Å². The number of aldehydes is 1. The van der Waals surface area contributed by atoms with Crippen LogP contribution < -0.4 is 10.3 Å². The molecule has 0 atom stereocenters. The Bertz CT molecular complexity index is 870. The van der Waals surface area contributed by atoms with Crippen LogP contribution in [0.5, 0.6) is 5.75 Å². The van der Waals surface area contributed by atoms with E-state index >= 15 is 0 Å². The van der Waals surface area contributed by atoms with E-state index in [0.717, 1.165) is 11.1 Å². The first kappa shape index (κ1) is 15.7. The molecule has 1 heterocycles. The average Bonchev–Trinajstić information content (AvgIpc) is 2.64. The van der Waals surface area contributed by atoms with Crippen LogP contribution in [0.15, 0.2) is 77.7 Å². The van der Waals surface area contributed by atoms with E-state index in [1.807, 2.05) is 60.7 Å². The summed E-state index contributed by atoms with van der Waals surface area (Å²) >= 11 is 0. The van der Waals surface area contributed by atoms with Crippen molar-refractivity contribution in [2.75, 3.05) is 0 Å². The second kappa shape index (κ2) is 7.42. The summed E-state index contributed by atoms with van der Waals surface area (Å²) in [5, 5.41) is 0. The zero-order valence-electron chi connectivity index (χ0n) is 13.1. The molecule has 0 aliphatic rings. The highest BCUT2D eigenvalue weighted by Gasteiger charge is 2.11. The van der Waals surface area contributed by atoms with E-state index in [0.29, 0.717) is 25.2 Å². The SMILES string of the molecule is O=Cc1c(OCc2ccccc2)ccn(Cc2ccccc2)c1=O. The number of nitrogens with zero attached hydrogens (tertiary/aromatic N) is 1. The molecule has 0 N–H and O–H groups in total. The Morgan fingerprint density at radius 3 is 2.12 bits per heavy atom. The molecule has 0 fully saturated rings. The molecule has 1 aromatic heterocycles. The molecule has 0 radical (unpaired) electrons. The highest BCUT2D eigenvalue weighted by Crippen LogP contribution is 2.15. The lowest BCUT2D eigenvalue weighted by Gasteiger charge is -2.11. The molecule has 3 rings (SSSR count). The summed E-state index contributed by atoms with van der Waals surface area (Å²) in [6.07, 6.45) is 2.22. The molecule has 0 saturated carbocycles. The highest BCUT2D eigenvalue weighted by molar-refractivity contribution is 5.78. The van der Waals surface area contributed by atoms with Gasteiger partial charge in [0.05, 0.1) is 6.54 Å². The van der Waals surface area contributed by atoms with Crippen LogP contribution in [-0.4, -0.2) is 10.9 Å². The summed E-state index contributed by atoms with van der Waals surface area (Å²) in [6, 6.07) is 20.9. The molecule has 0 saturated heterocycles. The zero-order chi connectivity index (χ0) is 16.8. The largest absolute Gasteiger partial charge is 0.488 e. The molecule has 24 heavy (non-hydrogen) atoms. The summed E-state index contributed by atoms with van der Waals surface area (Å²) in [5.74, 6) is 0.308. The Kier molecular flexibility index (Phi) is 4.87. The van der Waals surface area contributed by atoms with Gasteiger partial charge >= 0.3 is 0 Å². The lowest BCUT2D eigenvalue weighted by atomic mass is 10.2. The van der Waals surface area contributed by atoms with Crippen molar-refractivity contribution in [2.24, 2.45) is 0 Å². The van der Waals surface area contributed by atoms with Crippen LogP contribution in [0.25, 0.3) is 0 Å². The van der Waals surface area contributed by atoms with Gasteiger partial charge in [0.1, 0.15) is 17.9 Å². The summed E-state index contributed by atoms with van der Waals surface area (Å²) in [7, 11) is 0. The van der Waals surface area contributed by atoms with E-state index in [1.54, 1.807) is 12.3 Å². The predicted octanol–water partition coefficient (Wildman–Crippen LogP) is 3.29. The number of carbonyl (C=O) groups excluding carboxylic acids is 1. The fourth-order valence-electron chi connectivity index (χ4n) is 2.45. The average molecular weight is 319 g/mol. The molecule has 2 aromatic carbocycles. The molecular formula is C20H17NO3. The van der Waals surface area contributed by atoms with Gasteiger partial charge in [-0.3, -0.25) is 9.59 Å². The van der Waals surface area contributed by atoms with Crippen molar-refractivity contribution in [3.05, 3.63) is 100.0 Å². The van der Waals surface area contributed by atoms with Crippen LogP contribution >= 0.6 is 0 Å². The number of rotatable bonds is 6. The molecule has 0 bridgehead atoms. The minimum Gasteiger partial charge on any atom is -0.488 e. The second-order valence-corrected chi connectivity index (χ2v) is 5.40. The topological polar surface area (TPSA) is 48.3 Å². The number of ether oxygens (including phenoxy) is 1. The Labute approximate surface area is 140 Å². The second-order valence-electron chi connectivity index (χ2n) is 5.40. The van der Waals surface area contributed by atoms with Gasteiger partial charge in [0.2, 0.25) is 0 Å². The van der Waals surface area contributed by atoms with E-state index < -0.39 is 0 Å². The smallest absolute Gasteiger partial charge is 0.265 e. The Morgan fingerprint density at radius 2 is 1.50 bits per heavy atom. The predicted molar refractivity (Wildman–Crippen MR) is 92.4 cm³/mol. The number of aromatic nitrogens is 1. The standard InChI is InChI=1S/C20H17NO3/c22-14-18-19(24-15-17-9-5-2-6-10-17)11-12-21(20(18)23)13-16-7-3-1-4-8-16/h1-12,14H,13,15H2. The van der Waals surface area contributed by atoms with Gasteiger partial charge in [0.25, 0.3) is 5.56 Å². The summed E-state index contributed by atoms with van der Waals surface area (Å²) in [4.78, 5) is 23.9. The monoisotopic (exact) mass is 319 g/mol. The number of carbonyl (C=O) groups is 1. The Hall–Kier alpha value is -3.14. The minimum absolute atomic E-state index is 0.0457. The maximum absolute atomic E-state index is 12.5. The zero-order valence-corrected chi connectivity index (χ0v) is 13.1. The van der Waals surface area contributed by atoms with Gasteiger partial charge in [0.15, 0.2) is 6.29 Å². The first-order chi connectivity index (χ1) is 11.8. The van der Waals surface area contributed by atoms with E-state index in [2.05, 4.69) is 0 Å². The molecule has 0 aliphatic carbocycles. The van der Waals surface area contributed by atoms with E-state index in [9.17, 15) is 9.59 Å². The van der Waals surface area contributed by atoms with Crippen molar-refractivity contribution in [1.82, 2.24) is 4.57 Å². The van der Waals surface area contributed by atoms with E-state index in [-0.39, 0.29) is 11.1 Å². The normalized spacial score (nSPS) is 10.3. The van der Waals surface area contributed by atoms with Gasteiger partial charge in [-0.25, -0.2) is 0 Å². The van der Waals surface area contributed by atoms with Crippen molar-refractivity contribution in [2.45, 2.75) is 13.2 Å². The van der Waals surface area contributed by atoms with Gasteiger partial charge in [-0.2, -0.15) is 0 Å². The quantitative estimate of drug-likeness (QED) is 0.655. The van der Waals surface area contributed by atoms with Crippen molar-refractivity contribution in [3.8, 4) is 5.75 Å². The molecule has 0 unspecified atom stereocenters. The lowest BCUT2D eigenvalue weighted by molar-refractivity contribution is 0.111. The van der Waals surface area contributed by atoms with Crippen molar-refractivity contribution < 1.29 is 9.53 Å². The molecule has 0 amide bonds. The van der Waals surface area contributed by atoms with Gasteiger partial charge in [-0.1, -0.05) is 60.7 Å². The van der Waals surface area contributed by atoms with Crippen LogP contribution in [0.4, 0.5) is 0 Å².